The van der Waals surface area contributed by atoms with Gasteiger partial charge in [0, 0.05) is 24.6 Å². The number of halogens is 1. The summed E-state index contributed by atoms with van der Waals surface area (Å²) < 4.78 is 13.1. The van der Waals surface area contributed by atoms with Crippen molar-refractivity contribution in [2.75, 3.05) is 11.4 Å². The maximum absolute atomic E-state index is 13.1. The zero-order valence-corrected chi connectivity index (χ0v) is 9.64. The van der Waals surface area contributed by atoms with Gasteiger partial charge in [-0.25, -0.2) is 4.39 Å². The first-order chi connectivity index (χ1) is 8.75. The highest BCUT2D eigenvalue weighted by Crippen LogP contribution is 2.29. The predicted molar refractivity (Wildman–Crippen MR) is 66.0 cm³/mol. The molecule has 1 aliphatic rings. The highest BCUT2D eigenvalue weighted by atomic mass is 19.1. The highest BCUT2D eigenvalue weighted by molar-refractivity contribution is 6.07. The van der Waals surface area contributed by atoms with Crippen molar-refractivity contribution in [2.24, 2.45) is 0 Å². The summed E-state index contributed by atoms with van der Waals surface area (Å²) in [5.74, 6) is -0.349. The first-order valence-electron chi connectivity index (χ1n) is 5.76. The van der Waals surface area contributed by atoms with E-state index >= 15 is 0 Å². The van der Waals surface area contributed by atoms with Crippen LogP contribution >= 0.6 is 0 Å². The highest BCUT2D eigenvalue weighted by Gasteiger charge is 2.25. The van der Waals surface area contributed by atoms with Crippen LogP contribution in [0.1, 0.15) is 15.9 Å². The van der Waals surface area contributed by atoms with Crippen LogP contribution in [-0.2, 0) is 6.42 Å². The Morgan fingerprint density at radius 3 is 3.00 bits per heavy atom. The Hall–Kier alpha value is -2.23. The second-order valence-electron chi connectivity index (χ2n) is 4.22. The van der Waals surface area contributed by atoms with Crippen LogP contribution in [-0.4, -0.2) is 17.4 Å². The van der Waals surface area contributed by atoms with Crippen LogP contribution in [0.5, 0.6) is 0 Å². The monoisotopic (exact) mass is 242 g/mol. The number of nitrogens with zero attached hydrogens (tertiary/aromatic N) is 2. The number of aromatic nitrogens is 1. The molecule has 4 heteroatoms. The van der Waals surface area contributed by atoms with Crippen LogP contribution in [0.25, 0.3) is 0 Å². The standard InChI is InChI=1S/C14H11FN2O/c15-12-3-4-13-10(8-12)5-7-17(13)14(18)11-2-1-6-16-9-11/h1-4,6,8-9H,5,7H2. The predicted octanol–water partition coefficient (Wildman–Crippen LogP) is 2.42. The Morgan fingerprint density at radius 1 is 1.33 bits per heavy atom. The first-order valence-corrected chi connectivity index (χ1v) is 5.76. The fourth-order valence-electron chi connectivity index (χ4n) is 2.23. The van der Waals surface area contributed by atoms with Crippen molar-refractivity contribution >= 4 is 11.6 Å². The number of amides is 1. The molecule has 3 rings (SSSR count). The van der Waals surface area contributed by atoms with Gasteiger partial charge in [-0.2, -0.15) is 0 Å². The van der Waals surface area contributed by atoms with E-state index in [0.29, 0.717) is 18.5 Å². The molecule has 2 heterocycles. The van der Waals surface area contributed by atoms with Crippen LogP contribution < -0.4 is 4.90 Å². The molecule has 1 aromatic heterocycles. The Morgan fingerprint density at radius 2 is 2.22 bits per heavy atom. The minimum Gasteiger partial charge on any atom is -0.308 e. The topological polar surface area (TPSA) is 33.2 Å². The van der Waals surface area contributed by atoms with Gasteiger partial charge < -0.3 is 4.90 Å². The summed E-state index contributed by atoms with van der Waals surface area (Å²) in [6.45, 7) is 0.590. The molecule has 1 amide bonds. The van der Waals surface area contributed by atoms with Gasteiger partial charge in [0.2, 0.25) is 0 Å². The van der Waals surface area contributed by atoms with E-state index in [9.17, 15) is 9.18 Å². The summed E-state index contributed by atoms with van der Waals surface area (Å²) in [4.78, 5) is 17.9. The van der Waals surface area contributed by atoms with Crippen molar-refractivity contribution in [3.05, 3.63) is 59.7 Å². The summed E-state index contributed by atoms with van der Waals surface area (Å²) in [5.41, 5.74) is 2.23. The Balaban J connectivity index is 1.95. The SMILES string of the molecule is O=C(c1cccnc1)N1CCc2cc(F)ccc21. The number of carbonyl (C=O) groups excluding carboxylic acids is 1. The summed E-state index contributed by atoms with van der Waals surface area (Å²) in [7, 11) is 0. The minimum absolute atomic E-state index is 0.0894. The van der Waals surface area contributed by atoms with E-state index in [-0.39, 0.29) is 11.7 Å². The largest absolute Gasteiger partial charge is 0.308 e. The van der Waals surface area contributed by atoms with E-state index in [4.69, 9.17) is 0 Å². The summed E-state index contributed by atoms with van der Waals surface area (Å²) in [6.07, 6.45) is 3.87. The third-order valence-electron chi connectivity index (χ3n) is 3.09. The Bertz CT molecular complexity index is 598. The van der Waals surface area contributed by atoms with Crippen LogP contribution in [0.4, 0.5) is 10.1 Å². The molecule has 0 saturated heterocycles. The van der Waals surface area contributed by atoms with Gasteiger partial charge in [0.25, 0.3) is 5.91 Å². The van der Waals surface area contributed by atoms with Gasteiger partial charge in [0.1, 0.15) is 5.82 Å². The molecule has 1 aromatic carbocycles. The lowest BCUT2D eigenvalue weighted by Gasteiger charge is -2.17. The molecule has 0 bridgehead atoms. The van der Waals surface area contributed by atoms with Crippen LogP contribution in [0.3, 0.4) is 0 Å². The van der Waals surface area contributed by atoms with Gasteiger partial charge in [-0.15, -0.1) is 0 Å². The Kier molecular flexibility index (Phi) is 2.55. The lowest BCUT2D eigenvalue weighted by Crippen LogP contribution is -2.28. The van der Waals surface area contributed by atoms with Gasteiger partial charge in [0.15, 0.2) is 0 Å². The van der Waals surface area contributed by atoms with Crippen molar-refractivity contribution in [2.45, 2.75) is 6.42 Å². The van der Waals surface area contributed by atoms with Gasteiger partial charge in [-0.1, -0.05) is 0 Å². The lowest BCUT2D eigenvalue weighted by molar-refractivity contribution is 0.0989. The Labute approximate surface area is 104 Å². The second kappa shape index (κ2) is 4.22. The number of pyridine rings is 1. The van der Waals surface area contributed by atoms with E-state index < -0.39 is 0 Å². The molecule has 0 unspecified atom stereocenters. The van der Waals surface area contributed by atoms with Gasteiger partial charge in [-0.05, 0) is 42.3 Å². The summed E-state index contributed by atoms with van der Waals surface area (Å²) in [5, 5.41) is 0. The van der Waals surface area contributed by atoms with Crippen molar-refractivity contribution in [1.29, 1.82) is 0 Å². The molecule has 18 heavy (non-hydrogen) atoms. The molecule has 2 aromatic rings. The third kappa shape index (κ3) is 1.76. The van der Waals surface area contributed by atoms with E-state index in [1.165, 1.54) is 12.1 Å². The fourth-order valence-corrected chi connectivity index (χ4v) is 2.23. The lowest BCUT2D eigenvalue weighted by atomic mass is 10.1. The number of benzene rings is 1. The van der Waals surface area contributed by atoms with Crippen molar-refractivity contribution in [3.63, 3.8) is 0 Å². The molecule has 1 aliphatic heterocycles. The van der Waals surface area contributed by atoms with Gasteiger partial charge in [0.05, 0.1) is 5.56 Å². The maximum Gasteiger partial charge on any atom is 0.259 e. The molecule has 0 aliphatic carbocycles. The number of anilines is 1. The first kappa shape index (κ1) is 10.9. The summed E-state index contributed by atoms with van der Waals surface area (Å²) in [6, 6.07) is 8.00. The molecule has 0 atom stereocenters. The van der Waals surface area contributed by atoms with Crippen molar-refractivity contribution < 1.29 is 9.18 Å². The molecule has 0 N–H and O–H groups in total. The van der Waals surface area contributed by atoms with Crippen molar-refractivity contribution in [3.8, 4) is 0 Å². The average molecular weight is 242 g/mol. The van der Waals surface area contributed by atoms with E-state index in [1.807, 2.05) is 0 Å². The van der Waals surface area contributed by atoms with Gasteiger partial charge >= 0.3 is 0 Å². The number of fused-ring (bicyclic) bond motifs is 1. The van der Waals surface area contributed by atoms with E-state index in [2.05, 4.69) is 4.98 Å². The minimum atomic E-state index is -0.260. The zero-order valence-electron chi connectivity index (χ0n) is 9.64. The summed E-state index contributed by atoms with van der Waals surface area (Å²) >= 11 is 0. The smallest absolute Gasteiger partial charge is 0.259 e. The van der Waals surface area contributed by atoms with Crippen LogP contribution in [0, 0.1) is 5.82 Å². The number of carbonyl (C=O) groups is 1. The third-order valence-corrected chi connectivity index (χ3v) is 3.09. The molecule has 0 spiro atoms. The number of hydrogen-bond donors (Lipinski definition) is 0. The number of hydrogen-bond acceptors (Lipinski definition) is 2. The number of rotatable bonds is 1. The molecule has 3 nitrogen and oxygen atoms in total. The molecular weight excluding hydrogens is 231 g/mol. The van der Waals surface area contributed by atoms with E-state index in [0.717, 1.165) is 11.3 Å². The van der Waals surface area contributed by atoms with Gasteiger partial charge in [-0.3, -0.25) is 9.78 Å². The molecule has 90 valence electrons. The second-order valence-corrected chi connectivity index (χ2v) is 4.22. The molecule has 0 saturated carbocycles. The zero-order chi connectivity index (χ0) is 12.5. The maximum atomic E-state index is 13.1. The fraction of sp³-hybridized carbons (Fsp3) is 0.143. The molecular formula is C14H11FN2O. The molecule has 0 fully saturated rings. The quantitative estimate of drug-likeness (QED) is 0.769. The van der Waals surface area contributed by atoms with Crippen LogP contribution in [0.15, 0.2) is 42.7 Å². The normalized spacial score (nSPS) is 13.5. The molecule has 0 radical (unpaired) electrons. The average Bonchev–Trinajstić information content (AvgIpc) is 2.81. The van der Waals surface area contributed by atoms with Crippen LogP contribution in [0.2, 0.25) is 0 Å². The van der Waals surface area contributed by atoms with Crippen molar-refractivity contribution in [1.82, 2.24) is 4.98 Å². The van der Waals surface area contributed by atoms with E-state index in [1.54, 1.807) is 35.5 Å².